The smallest absolute Gasteiger partial charge is 0.261 e. The van der Waals surface area contributed by atoms with Crippen LogP contribution in [0.1, 0.15) is 20.7 Å². The zero-order chi connectivity index (χ0) is 20.6. The van der Waals surface area contributed by atoms with Gasteiger partial charge in [0.15, 0.2) is 0 Å². The van der Waals surface area contributed by atoms with Gasteiger partial charge < -0.3 is 14.8 Å². The van der Waals surface area contributed by atoms with Crippen molar-refractivity contribution in [1.29, 1.82) is 0 Å². The number of nitrogens with zero attached hydrogens (tertiary/aromatic N) is 1. The molecule has 0 aliphatic carbocycles. The number of hydrogen-bond acceptors (Lipinski definition) is 6. The van der Waals surface area contributed by atoms with Gasteiger partial charge in [0.1, 0.15) is 0 Å². The molecular formula is C21H24N2O5S. The Kier molecular flexibility index (Phi) is 7.62. The van der Waals surface area contributed by atoms with Crippen molar-refractivity contribution in [3.8, 4) is 0 Å². The van der Waals surface area contributed by atoms with Crippen LogP contribution < -0.4 is 5.32 Å². The zero-order valence-corrected chi connectivity index (χ0v) is 17.1. The Labute approximate surface area is 173 Å². The topological polar surface area (TPSA) is 84.9 Å². The number of benzene rings is 2. The van der Waals surface area contributed by atoms with E-state index in [1.54, 1.807) is 12.1 Å². The first-order valence-corrected chi connectivity index (χ1v) is 10.8. The number of amides is 3. The lowest BCUT2D eigenvalue weighted by Gasteiger charge is -2.27. The Balaban J connectivity index is 1.40. The van der Waals surface area contributed by atoms with Crippen molar-refractivity contribution in [2.24, 2.45) is 0 Å². The van der Waals surface area contributed by atoms with E-state index in [2.05, 4.69) is 5.32 Å². The molecule has 3 rings (SSSR count). The summed E-state index contributed by atoms with van der Waals surface area (Å²) in [5.41, 5.74) is 1.09. The summed E-state index contributed by atoms with van der Waals surface area (Å²) < 4.78 is 10.9. The molecule has 3 amide bonds. The molecule has 0 aromatic heterocycles. The summed E-state index contributed by atoms with van der Waals surface area (Å²) in [4.78, 5) is 38.0. The summed E-state index contributed by atoms with van der Waals surface area (Å²) in [7, 11) is 0. The van der Waals surface area contributed by atoms with Gasteiger partial charge in [-0.1, -0.05) is 24.3 Å². The lowest BCUT2D eigenvalue weighted by Crippen LogP contribution is -2.42. The number of rotatable bonds is 11. The third-order valence-corrected chi connectivity index (χ3v) is 5.08. The van der Waals surface area contributed by atoms with Crippen molar-refractivity contribution < 1.29 is 23.9 Å². The highest BCUT2D eigenvalue weighted by Crippen LogP contribution is 2.29. The number of carbonyl (C=O) groups is 3. The minimum Gasteiger partial charge on any atom is -0.377 e. The van der Waals surface area contributed by atoms with Crippen molar-refractivity contribution in [3.63, 3.8) is 0 Å². The monoisotopic (exact) mass is 416 g/mol. The van der Waals surface area contributed by atoms with E-state index < -0.39 is 0 Å². The Morgan fingerprint density at radius 1 is 0.966 bits per heavy atom. The van der Waals surface area contributed by atoms with Crippen LogP contribution in [0.4, 0.5) is 0 Å². The van der Waals surface area contributed by atoms with Crippen LogP contribution in [0.25, 0.3) is 10.8 Å². The molecule has 29 heavy (non-hydrogen) atoms. The predicted molar refractivity (Wildman–Crippen MR) is 112 cm³/mol. The van der Waals surface area contributed by atoms with Gasteiger partial charge in [0.05, 0.1) is 38.7 Å². The average molecular weight is 416 g/mol. The standard InChI is InChI=1S/C21H24N2O5S/c1-29-14-18(24)22-8-10-27-12-13-28-11-9-23-20(25)16-6-2-4-15-5-3-7-17(19(15)16)21(23)26/h2-7H,8-14H2,1H3,(H,22,24). The second kappa shape index (κ2) is 10.4. The van der Waals surface area contributed by atoms with Gasteiger partial charge in [0, 0.05) is 23.1 Å². The fourth-order valence-corrected chi connectivity index (χ4v) is 3.57. The number of ether oxygens (including phenoxy) is 2. The second-order valence-corrected chi connectivity index (χ2v) is 7.34. The third kappa shape index (κ3) is 5.14. The van der Waals surface area contributed by atoms with E-state index >= 15 is 0 Å². The van der Waals surface area contributed by atoms with Gasteiger partial charge in [-0.25, -0.2) is 0 Å². The Hall–Kier alpha value is -2.42. The third-order valence-electron chi connectivity index (χ3n) is 4.53. The lowest BCUT2D eigenvalue weighted by molar-refractivity contribution is -0.118. The van der Waals surface area contributed by atoms with E-state index in [0.29, 0.717) is 43.2 Å². The summed E-state index contributed by atoms with van der Waals surface area (Å²) in [5.74, 6) is -0.151. The lowest BCUT2D eigenvalue weighted by atomic mass is 9.94. The molecule has 1 aliphatic heterocycles. The molecule has 0 radical (unpaired) electrons. The van der Waals surface area contributed by atoms with Crippen LogP contribution in [-0.2, 0) is 14.3 Å². The summed E-state index contributed by atoms with van der Waals surface area (Å²) in [5, 5.41) is 4.36. The highest BCUT2D eigenvalue weighted by molar-refractivity contribution is 7.99. The molecule has 1 aliphatic rings. The molecule has 0 spiro atoms. The SMILES string of the molecule is CSCC(=O)NCCOCCOCCN1C(=O)c2cccc3cccc(c23)C1=O. The minimum atomic E-state index is -0.292. The summed E-state index contributed by atoms with van der Waals surface area (Å²) in [6.45, 7) is 2.02. The molecule has 0 saturated carbocycles. The molecule has 8 heteroatoms. The van der Waals surface area contributed by atoms with E-state index in [4.69, 9.17) is 9.47 Å². The highest BCUT2D eigenvalue weighted by atomic mass is 32.2. The van der Waals surface area contributed by atoms with Crippen LogP contribution in [0.5, 0.6) is 0 Å². The molecular weight excluding hydrogens is 392 g/mol. The maximum atomic E-state index is 12.7. The molecule has 0 fully saturated rings. The van der Waals surface area contributed by atoms with Gasteiger partial charge in [-0.15, -0.1) is 0 Å². The molecule has 0 unspecified atom stereocenters. The molecule has 0 saturated heterocycles. The largest absolute Gasteiger partial charge is 0.377 e. The van der Waals surface area contributed by atoms with Gasteiger partial charge in [-0.2, -0.15) is 11.8 Å². The van der Waals surface area contributed by atoms with E-state index in [-0.39, 0.29) is 30.9 Å². The summed E-state index contributed by atoms with van der Waals surface area (Å²) in [6.07, 6.45) is 1.87. The molecule has 2 aromatic carbocycles. The van der Waals surface area contributed by atoms with Gasteiger partial charge in [0.25, 0.3) is 11.8 Å². The van der Waals surface area contributed by atoms with E-state index in [9.17, 15) is 14.4 Å². The fourth-order valence-electron chi connectivity index (χ4n) is 3.21. The van der Waals surface area contributed by atoms with E-state index in [1.165, 1.54) is 16.7 Å². The van der Waals surface area contributed by atoms with Crippen molar-refractivity contribution >= 4 is 40.3 Å². The Bertz CT molecular complexity index is 851. The van der Waals surface area contributed by atoms with Crippen LogP contribution in [0.15, 0.2) is 36.4 Å². The average Bonchev–Trinajstić information content (AvgIpc) is 2.73. The van der Waals surface area contributed by atoms with Crippen LogP contribution in [-0.4, -0.2) is 74.1 Å². The van der Waals surface area contributed by atoms with Crippen molar-refractivity contribution in [2.75, 3.05) is 51.5 Å². The van der Waals surface area contributed by atoms with Gasteiger partial charge >= 0.3 is 0 Å². The Morgan fingerprint density at radius 2 is 1.59 bits per heavy atom. The fraction of sp³-hybridized carbons (Fsp3) is 0.381. The number of carbonyl (C=O) groups excluding carboxylic acids is 3. The van der Waals surface area contributed by atoms with Crippen LogP contribution >= 0.6 is 11.8 Å². The Morgan fingerprint density at radius 3 is 2.21 bits per heavy atom. The number of hydrogen-bond donors (Lipinski definition) is 1. The van der Waals surface area contributed by atoms with Crippen LogP contribution in [0.2, 0.25) is 0 Å². The van der Waals surface area contributed by atoms with E-state index in [0.717, 1.165) is 10.8 Å². The number of imide groups is 1. The maximum Gasteiger partial charge on any atom is 0.261 e. The first-order chi connectivity index (χ1) is 14.1. The molecule has 7 nitrogen and oxygen atoms in total. The van der Waals surface area contributed by atoms with Crippen molar-refractivity contribution in [3.05, 3.63) is 47.5 Å². The summed E-state index contributed by atoms with van der Waals surface area (Å²) >= 11 is 1.47. The second-order valence-electron chi connectivity index (χ2n) is 6.48. The van der Waals surface area contributed by atoms with Gasteiger partial charge in [0.2, 0.25) is 5.91 Å². The molecule has 154 valence electrons. The number of nitrogens with one attached hydrogen (secondary N) is 1. The van der Waals surface area contributed by atoms with E-state index in [1.807, 2.05) is 30.5 Å². The van der Waals surface area contributed by atoms with Crippen LogP contribution in [0, 0.1) is 0 Å². The quantitative estimate of drug-likeness (QED) is 0.445. The van der Waals surface area contributed by atoms with Crippen molar-refractivity contribution in [2.45, 2.75) is 0 Å². The molecule has 0 bridgehead atoms. The molecule has 2 aromatic rings. The normalized spacial score (nSPS) is 13.2. The molecule has 1 N–H and O–H groups in total. The molecule has 1 heterocycles. The first kappa shape index (κ1) is 21.3. The first-order valence-electron chi connectivity index (χ1n) is 9.42. The highest BCUT2D eigenvalue weighted by Gasteiger charge is 2.32. The zero-order valence-electron chi connectivity index (χ0n) is 16.3. The van der Waals surface area contributed by atoms with Gasteiger partial charge in [-0.3, -0.25) is 19.3 Å². The maximum absolute atomic E-state index is 12.7. The van der Waals surface area contributed by atoms with Gasteiger partial charge in [-0.05, 0) is 23.8 Å². The summed E-state index contributed by atoms with van der Waals surface area (Å²) in [6, 6.07) is 10.9. The van der Waals surface area contributed by atoms with Crippen molar-refractivity contribution in [1.82, 2.24) is 10.2 Å². The predicted octanol–water partition coefficient (Wildman–Crippen LogP) is 1.95. The number of thioether (sulfide) groups is 1. The molecule has 0 atom stereocenters. The van der Waals surface area contributed by atoms with Crippen LogP contribution in [0.3, 0.4) is 0 Å². The minimum absolute atomic E-state index is 0.00881.